The molecule has 0 saturated heterocycles. The highest BCUT2D eigenvalue weighted by Gasteiger charge is 2.04. The summed E-state index contributed by atoms with van der Waals surface area (Å²) in [6.45, 7) is 0.555. The Morgan fingerprint density at radius 1 is 1.06 bits per heavy atom. The molecule has 3 heteroatoms. The smallest absolute Gasteiger partial charge is 0.123 e. The van der Waals surface area contributed by atoms with Crippen LogP contribution in [0.15, 0.2) is 48.5 Å². The van der Waals surface area contributed by atoms with E-state index in [0.717, 1.165) is 6.42 Å². The topological polar surface area (TPSA) is 9.23 Å². The molecule has 0 amide bonds. The fourth-order valence-corrected chi connectivity index (χ4v) is 1.93. The first-order valence-electron chi connectivity index (χ1n) is 5.80. The third-order valence-electron chi connectivity index (χ3n) is 2.66. The van der Waals surface area contributed by atoms with Crippen LogP contribution in [0.5, 0.6) is 5.75 Å². The third-order valence-corrected chi connectivity index (χ3v) is 2.95. The van der Waals surface area contributed by atoms with Crippen LogP contribution >= 0.6 is 11.6 Å². The summed E-state index contributed by atoms with van der Waals surface area (Å²) >= 11 is 5.75. The Labute approximate surface area is 111 Å². The molecule has 0 aromatic heterocycles. The monoisotopic (exact) mass is 264 g/mol. The second-order valence-electron chi connectivity index (χ2n) is 3.97. The highest BCUT2D eigenvalue weighted by Crippen LogP contribution is 2.21. The van der Waals surface area contributed by atoms with E-state index in [9.17, 15) is 4.39 Å². The molecule has 0 fully saturated rings. The van der Waals surface area contributed by atoms with Crippen molar-refractivity contribution in [1.29, 1.82) is 0 Å². The Bertz CT molecular complexity index is 499. The zero-order valence-electron chi connectivity index (χ0n) is 9.90. The lowest BCUT2D eigenvalue weighted by molar-refractivity contribution is 0.319. The summed E-state index contributed by atoms with van der Waals surface area (Å²) in [5.41, 5.74) is 1.90. The molecule has 0 unspecified atom stereocenters. The number of alkyl halides is 1. The van der Waals surface area contributed by atoms with Gasteiger partial charge in [-0.15, -0.1) is 11.6 Å². The van der Waals surface area contributed by atoms with Crippen molar-refractivity contribution >= 4 is 11.6 Å². The minimum atomic E-state index is -0.291. The summed E-state index contributed by atoms with van der Waals surface area (Å²) in [6.07, 6.45) is 0.819. The van der Waals surface area contributed by atoms with Gasteiger partial charge in [-0.3, -0.25) is 0 Å². The van der Waals surface area contributed by atoms with Crippen LogP contribution in [-0.2, 0) is 12.3 Å². The van der Waals surface area contributed by atoms with E-state index in [0.29, 0.717) is 17.9 Å². The van der Waals surface area contributed by atoms with Gasteiger partial charge in [0, 0.05) is 12.0 Å². The molecule has 18 heavy (non-hydrogen) atoms. The number of benzene rings is 2. The maximum absolute atomic E-state index is 13.0. The summed E-state index contributed by atoms with van der Waals surface area (Å²) in [4.78, 5) is 0. The van der Waals surface area contributed by atoms with E-state index in [1.54, 1.807) is 6.07 Å². The largest absolute Gasteiger partial charge is 0.493 e. The van der Waals surface area contributed by atoms with Gasteiger partial charge in [-0.05, 0) is 23.8 Å². The van der Waals surface area contributed by atoms with Gasteiger partial charge in [-0.25, -0.2) is 4.39 Å². The predicted octanol–water partition coefficient (Wildman–Crippen LogP) is 4.19. The van der Waals surface area contributed by atoms with E-state index in [1.165, 1.54) is 17.7 Å². The highest BCUT2D eigenvalue weighted by atomic mass is 35.5. The van der Waals surface area contributed by atoms with Crippen molar-refractivity contribution in [3.05, 3.63) is 65.5 Å². The molecule has 2 aromatic rings. The zero-order chi connectivity index (χ0) is 12.8. The van der Waals surface area contributed by atoms with E-state index in [2.05, 4.69) is 12.1 Å². The van der Waals surface area contributed by atoms with Gasteiger partial charge >= 0.3 is 0 Å². The van der Waals surface area contributed by atoms with Crippen molar-refractivity contribution in [3.8, 4) is 5.75 Å². The van der Waals surface area contributed by atoms with Gasteiger partial charge in [0.1, 0.15) is 11.6 Å². The van der Waals surface area contributed by atoms with E-state index < -0.39 is 0 Å². The second kappa shape index (κ2) is 6.41. The van der Waals surface area contributed by atoms with Crippen LogP contribution in [0, 0.1) is 5.82 Å². The van der Waals surface area contributed by atoms with Crippen molar-refractivity contribution in [3.63, 3.8) is 0 Å². The average Bonchev–Trinajstić information content (AvgIpc) is 2.41. The normalized spacial score (nSPS) is 10.3. The van der Waals surface area contributed by atoms with Crippen molar-refractivity contribution in [2.75, 3.05) is 6.61 Å². The molecule has 0 aliphatic heterocycles. The van der Waals surface area contributed by atoms with Crippen LogP contribution < -0.4 is 4.74 Å². The number of halogens is 2. The Morgan fingerprint density at radius 2 is 1.83 bits per heavy atom. The molecular formula is C15H14ClFO. The SMILES string of the molecule is Fc1ccc(OCCc2ccccc2)c(CCl)c1. The lowest BCUT2D eigenvalue weighted by Crippen LogP contribution is -2.03. The summed E-state index contributed by atoms with van der Waals surface area (Å²) in [7, 11) is 0. The van der Waals surface area contributed by atoms with Crippen molar-refractivity contribution in [1.82, 2.24) is 0 Å². The van der Waals surface area contributed by atoms with Crippen LogP contribution in [0.25, 0.3) is 0 Å². The van der Waals surface area contributed by atoms with Crippen molar-refractivity contribution < 1.29 is 9.13 Å². The van der Waals surface area contributed by atoms with E-state index in [1.807, 2.05) is 18.2 Å². The Morgan fingerprint density at radius 3 is 2.56 bits per heavy atom. The van der Waals surface area contributed by atoms with Gasteiger partial charge < -0.3 is 4.74 Å². The minimum absolute atomic E-state index is 0.248. The zero-order valence-corrected chi connectivity index (χ0v) is 10.7. The first-order chi connectivity index (χ1) is 8.79. The van der Waals surface area contributed by atoms with Crippen LogP contribution in [0.4, 0.5) is 4.39 Å². The molecule has 0 N–H and O–H groups in total. The first-order valence-corrected chi connectivity index (χ1v) is 6.34. The van der Waals surface area contributed by atoms with Gasteiger partial charge in [0.15, 0.2) is 0 Å². The molecule has 94 valence electrons. The lowest BCUT2D eigenvalue weighted by atomic mass is 10.2. The second-order valence-corrected chi connectivity index (χ2v) is 4.24. The molecule has 0 spiro atoms. The van der Waals surface area contributed by atoms with Crippen LogP contribution in [0.1, 0.15) is 11.1 Å². The van der Waals surface area contributed by atoms with Gasteiger partial charge in [-0.1, -0.05) is 30.3 Å². The minimum Gasteiger partial charge on any atom is -0.493 e. The molecule has 0 heterocycles. The van der Waals surface area contributed by atoms with Gasteiger partial charge in [0.25, 0.3) is 0 Å². The summed E-state index contributed by atoms with van der Waals surface area (Å²) in [5.74, 6) is 0.613. The Hall–Kier alpha value is -1.54. The number of hydrogen-bond acceptors (Lipinski definition) is 1. The Balaban J connectivity index is 1.94. The van der Waals surface area contributed by atoms with Gasteiger partial charge in [0.05, 0.1) is 12.5 Å². The van der Waals surface area contributed by atoms with Gasteiger partial charge in [-0.2, -0.15) is 0 Å². The molecule has 0 bridgehead atoms. The molecule has 0 atom stereocenters. The summed E-state index contributed by atoms with van der Waals surface area (Å²) < 4.78 is 18.6. The quantitative estimate of drug-likeness (QED) is 0.736. The number of rotatable bonds is 5. The molecule has 0 saturated carbocycles. The molecule has 2 rings (SSSR count). The predicted molar refractivity (Wildman–Crippen MR) is 71.6 cm³/mol. The lowest BCUT2D eigenvalue weighted by Gasteiger charge is -2.10. The van der Waals surface area contributed by atoms with Crippen LogP contribution in [0.2, 0.25) is 0 Å². The highest BCUT2D eigenvalue weighted by molar-refractivity contribution is 6.17. The average molecular weight is 265 g/mol. The fourth-order valence-electron chi connectivity index (χ4n) is 1.72. The fraction of sp³-hybridized carbons (Fsp3) is 0.200. The van der Waals surface area contributed by atoms with Crippen LogP contribution in [0.3, 0.4) is 0 Å². The summed E-state index contributed by atoms with van der Waals surface area (Å²) in [6, 6.07) is 14.5. The maximum Gasteiger partial charge on any atom is 0.123 e. The molecule has 1 nitrogen and oxygen atoms in total. The van der Waals surface area contributed by atoms with Crippen molar-refractivity contribution in [2.24, 2.45) is 0 Å². The molecular weight excluding hydrogens is 251 g/mol. The van der Waals surface area contributed by atoms with Crippen LogP contribution in [-0.4, -0.2) is 6.61 Å². The summed E-state index contributed by atoms with van der Waals surface area (Å²) in [5, 5.41) is 0. The van der Waals surface area contributed by atoms with E-state index in [4.69, 9.17) is 16.3 Å². The van der Waals surface area contributed by atoms with Gasteiger partial charge in [0.2, 0.25) is 0 Å². The first kappa shape index (κ1) is 12.9. The molecule has 0 aliphatic rings. The van der Waals surface area contributed by atoms with E-state index in [-0.39, 0.29) is 11.7 Å². The van der Waals surface area contributed by atoms with Crippen molar-refractivity contribution in [2.45, 2.75) is 12.3 Å². The standard InChI is InChI=1S/C15H14ClFO/c16-11-13-10-14(17)6-7-15(13)18-9-8-12-4-2-1-3-5-12/h1-7,10H,8-9,11H2. The van der Waals surface area contributed by atoms with E-state index >= 15 is 0 Å². The maximum atomic E-state index is 13.0. The molecule has 2 aromatic carbocycles. The molecule has 0 radical (unpaired) electrons. The Kier molecular flexibility index (Phi) is 4.59. The molecule has 0 aliphatic carbocycles. The number of hydrogen-bond donors (Lipinski definition) is 0. The third kappa shape index (κ3) is 3.47. The number of ether oxygens (including phenoxy) is 1.